The third-order valence-electron chi connectivity index (χ3n) is 3.65. The number of hydrogen-bond donors (Lipinski definition) is 1. The van der Waals surface area contributed by atoms with Crippen molar-refractivity contribution in [1.29, 1.82) is 0 Å². The molecule has 0 atom stereocenters. The average molecular weight is 277 g/mol. The highest BCUT2D eigenvalue weighted by Gasteiger charge is 2.24. The topological polar surface area (TPSA) is 28.2 Å². The number of aromatic nitrogens is 1. The van der Waals surface area contributed by atoms with E-state index in [-0.39, 0.29) is 0 Å². The Morgan fingerprint density at radius 1 is 1.17 bits per heavy atom. The van der Waals surface area contributed by atoms with E-state index in [9.17, 15) is 0 Å². The number of thiophene rings is 1. The van der Waals surface area contributed by atoms with Gasteiger partial charge in [-0.05, 0) is 24.3 Å². The average Bonchev–Trinajstić information content (AvgIpc) is 3.05. The molecular weight excluding hydrogens is 262 g/mol. The molecule has 1 aliphatic heterocycles. The van der Waals surface area contributed by atoms with Gasteiger partial charge in [-0.15, -0.1) is 22.7 Å². The Morgan fingerprint density at radius 2 is 2.00 bits per heavy atom. The zero-order valence-corrected chi connectivity index (χ0v) is 11.7. The Balaban J connectivity index is 1.73. The second-order valence-corrected chi connectivity index (χ2v) is 6.83. The van der Waals surface area contributed by atoms with E-state index in [1.165, 1.54) is 39.0 Å². The number of nitrogens with zero attached hydrogens (tertiary/aromatic N) is 2. The number of rotatable bonds is 1. The molecule has 1 aliphatic carbocycles. The normalized spacial score (nSPS) is 18.6. The molecule has 3 nitrogen and oxygen atoms in total. The first-order valence-electron chi connectivity index (χ1n) is 6.44. The quantitative estimate of drug-likeness (QED) is 0.867. The van der Waals surface area contributed by atoms with Gasteiger partial charge in [0.1, 0.15) is 0 Å². The van der Waals surface area contributed by atoms with Crippen LogP contribution in [0.15, 0.2) is 11.4 Å². The molecule has 0 unspecified atom stereocenters. The zero-order valence-electron chi connectivity index (χ0n) is 10.1. The largest absolute Gasteiger partial charge is 0.346 e. The molecule has 1 saturated heterocycles. The van der Waals surface area contributed by atoms with Gasteiger partial charge in [0, 0.05) is 41.5 Å². The molecule has 2 aromatic rings. The molecule has 2 aliphatic rings. The molecule has 4 rings (SSSR count). The third kappa shape index (κ3) is 1.69. The highest BCUT2D eigenvalue weighted by atomic mass is 32.1. The molecule has 94 valence electrons. The summed E-state index contributed by atoms with van der Waals surface area (Å²) in [6.07, 6.45) is 2.37. The van der Waals surface area contributed by atoms with Crippen LogP contribution in [0.3, 0.4) is 0 Å². The Labute approximate surface area is 114 Å². The van der Waals surface area contributed by atoms with Crippen molar-refractivity contribution in [1.82, 2.24) is 10.3 Å². The molecule has 2 aromatic heterocycles. The summed E-state index contributed by atoms with van der Waals surface area (Å²) in [6, 6.07) is 2.24. The van der Waals surface area contributed by atoms with Gasteiger partial charge in [0.2, 0.25) is 0 Å². The first-order chi connectivity index (χ1) is 8.92. The monoisotopic (exact) mass is 277 g/mol. The highest BCUT2D eigenvalue weighted by molar-refractivity contribution is 7.16. The van der Waals surface area contributed by atoms with Crippen molar-refractivity contribution in [3.63, 3.8) is 0 Å². The lowest BCUT2D eigenvalue weighted by molar-refractivity contribution is 0.588. The Kier molecular flexibility index (Phi) is 2.64. The van der Waals surface area contributed by atoms with E-state index in [0.717, 1.165) is 26.2 Å². The lowest BCUT2D eigenvalue weighted by Crippen LogP contribution is -2.43. The molecule has 18 heavy (non-hydrogen) atoms. The summed E-state index contributed by atoms with van der Waals surface area (Å²) in [5.74, 6) is 0. The van der Waals surface area contributed by atoms with Gasteiger partial charge in [-0.25, -0.2) is 4.98 Å². The first kappa shape index (κ1) is 11.0. The Bertz CT molecular complexity index is 567. The molecular formula is C13H15N3S2. The van der Waals surface area contributed by atoms with Crippen LogP contribution in [0.2, 0.25) is 0 Å². The smallest absolute Gasteiger partial charge is 0.186 e. The molecule has 0 amide bonds. The van der Waals surface area contributed by atoms with Crippen molar-refractivity contribution < 1.29 is 0 Å². The van der Waals surface area contributed by atoms with Crippen molar-refractivity contribution >= 4 is 27.8 Å². The van der Waals surface area contributed by atoms with Crippen LogP contribution in [0, 0.1) is 0 Å². The predicted molar refractivity (Wildman–Crippen MR) is 77.9 cm³/mol. The number of thiazole rings is 1. The van der Waals surface area contributed by atoms with Crippen molar-refractivity contribution in [2.75, 3.05) is 31.1 Å². The minimum absolute atomic E-state index is 1.08. The molecule has 1 fully saturated rings. The molecule has 5 heteroatoms. The van der Waals surface area contributed by atoms with Crippen molar-refractivity contribution in [2.24, 2.45) is 0 Å². The maximum absolute atomic E-state index is 4.91. The number of fused-ring (bicyclic) bond motifs is 3. The zero-order chi connectivity index (χ0) is 11.9. The van der Waals surface area contributed by atoms with Crippen LogP contribution in [0.4, 0.5) is 5.13 Å². The number of hydrogen-bond acceptors (Lipinski definition) is 5. The fourth-order valence-electron chi connectivity index (χ4n) is 2.68. The van der Waals surface area contributed by atoms with E-state index >= 15 is 0 Å². The molecule has 3 heterocycles. The number of nitrogens with one attached hydrogen (secondary N) is 1. The fraction of sp³-hybridized carbons (Fsp3) is 0.462. The van der Waals surface area contributed by atoms with Crippen LogP contribution < -0.4 is 10.2 Å². The van der Waals surface area contributed by atoms with E-state index in [1.807, 2.05) is 22.7 Å². The molecule has 0 spiro atoms. The number of aryl methyl sites for hydroxylation is 2. The summed E-state index contributed by atoms with van der Waals surface area (Å²) >= 11 is 3.78. The van der Waals surface area contributed by atoms with Crippen LogP contribution in [-0.2, 0) is 12.8 Å². The second kappa shape index (κ2) is 4.33. The lowest BCUT2D eigenvalue weighted by Gasteiger charge is -2.26. The summed E-state index contributed by atoms with van der Waals surface area (Å²) in [5.41, 5.74) is 2.65. The van der Waals surface area contributed by atoms with Crippen LogP contribution in [0.1, 0.15) is 9.75 Å². The van der Waals surface area contributed by atoms with Crippen LogP contribution in [0.5, 0.6) is 0 Å². The number of piperazine rings is 1. The van der Waals surface area contributed by atoms with Gasteiger partial charge in [0.05, 0.1) is 5.69 Å². The van der Waals surface area contributed by atoms with E-state index in [2.05, 4.69) is 21.7 Å². The summed E-state index contributed by atoms with van der Waals surface area (Å²) in [5, 5.41) is 6.82. The van der Waals surface area contributed by atoms with Crippen LogP contribution in [-0.4, -0.2) is 31.2 Å². The highest BCUT2D eigenvalue weighted by Crippen LogP contribution is 2.41. The maximum atomic E-state index is 4.91. The van der Waals surface area contributed by atoms with E-state index < -0.39 is 0 Å². The van der Waals surface area contributed by atoms with Gasteiger partial charge in [-0.2, -0.15) is 0 Å². The summed E-state index contributed by atoms with van der Waals surface area (Å²) in [4.78, 5) is 10.3. The standard InChI is InChI=1S/C13H15N3S2/c1-2-11-12(9-3-8-17-10(1)9)15-13(18-11)16-6-4-14-5-7-16/h3,8,14H,1-2,4-7H2. The summed E-state index contributed by atoms with van der Waals surface area (Å²) in [7, 11) is 0. The molecule has 1 N–H and O–H groups in total. The van der Waals surface area contributed by atoms with Gasteiger partial charge in [-0.3, -0.25) is 0 Å². The molecule has 0 aromatic carbocycles. The van der Waals surface area contributed by atoms with Gasteiger partial charge in [-0.1, -0.05) is 0 Å². The minimum Gasteiger partial charge on any atom is -0.346 e. The van der Waals surface area contributed by atoms with Gasteiger partial charge >= 0.3 is 0 Å². The third-order valence-corrected chi connectivity index (χ3v) is 5.81. The predicted octanol–water partition coefficient (Wildman–Crippen LogP) is 2.38. The van der Waals surface area contributed by atoms with E-state index in [1.54, 1.807) is 0 Å². The summed E-state index contributed by atoms with van der Waals surface area (Å²) < 4.78 is 0. The lowest BCUT2D eigenvalue weighted by atomic mass is 10.0. The van der Waals surface area contributed by atoms with Crippen LogP contribution >= 0.6 is 22.7 Å². The Hall–Kier alpha value is -0.910. The second-order valence-electron chi connectivity index (χ2n) is 4.76. The molecule has 0 saturated carbocycles. The molecule has 0 radical (unpaired) electrons. The summed E-state index contributed by atoms with van der Waals surface area (Å²) in [6.45, 7) is 4.33. The van der Waals surface area contributed by atoms with Gasteiger partial charge in [0.15, 0.2) is 5.13 Å². The van der Waals surface area contributed by atoms with Gasteiger partial charge < -0.3 is 10.2 Å². The van der Waals surface area contributed by atoms with Crippen molar-refractivity contribution in [2.45, 2.75) is 12.8 Å². The first-order valence-corrected chi connectivity index (χ1v) is 8.13. The SMILES string of the molecule is c1cc2c(s1)CCc1sc(N3CCNCC3)nc1-2. The molecule has 0 bridgehead atoms. The van der Waals surface area contributed by atoms with Gasteiger partial charge in [0.25, 0.3) is 0 Å². The fourth-order valence-corrected chi connectivity index (χ4v) is 4.69. The number of anilines is 1. The van der Waals surface area contributed by atoms with E-state index in [4.69, 9.17) is 4.98 Å². The van der Waals surface area contributed by atoms with Crippen molar-refractivity contribution in [3.8, 4) is 11.3 Å². The Morgan fingerprint density at radius 3 is 2.89 bits per heavy atom. The van der Waals surface area contributed by atoms with Crippen molar-refractivity contribution in [3.05, 3.63) is 21.2 Å². The minimum atomic E-state index is 1.08. The maximum Gasteiger partial charge on any atom is 0.186 e. The van der Waals surface area contributed by atoms with Crippen LogP contribution in [0.25, 0.3) is 11.3 Å². The van der Waals surface area contributed by atoms with E-state index in [0.29, 0.717) is 0 Å².